The number of nitrogens with zero attached hydrogens (tertiary/aromatic N) is 4. The van der Waals surface area contributed by atoms with Crippen LogP contribution < -0.4 is 29.9 Å². The fourth-order valence-electron chi connectivity index (χ4n) is 11.5. The van der Waals surface area contributed by atoms with Gasteiger partial charge in [-0.2, -0.15) is 0 Å². The fourth-order valence-corrected chi connectivity index (χ4v) is 11.5. The van der Waals surface area contributed by atoms with E-state index in [1.807, 2.05) is 0 Å². The lowest BCUT2D eigenvalue weighted by molar-refractivity contribution is -0.109. The number of ketones is 1. The quantitative estimate of drug-likeness (QED) is 0.0671. The van der Waals surface area contributed by atoms with Crippen LogP contribution in [0.25, 0.3) is 32.7 Å². The number of hydrogen-bond donors (Lipinski definition) is 1. The molecule has 0 unspecified atom stereocenters. The highest BCUT2D eigenvalue weighted by Crippen LogP contribution is 2.51. The van der Waals surface area contributed by atoms with Gasteiger partial charge < -0.3 is 19.8 Å². The third-order valence-corrected chi connectivity index (χ3v) is 15.1. The molecular weight excluding hydrogens is 737 g/mol. The van der Waals surface area contributed by atoms with Crippen molar-refractivity contribution in [2.45, 2.75) is 167 Å². The van der Waals surface area contributed by atoms with Gasteiger partial charge in [0.05, 0.1) is 22.2 Å². The molecule has 4 aromatic rings. The zero-order valence-electron chi connectivity index (χ0n) is 38.6. The van der Waals surface area contributed by atoms with Crippen LogP contribution in [0.5, 0.6) is 0 Å². The number of benzene rings is 4. The summed E-state index contributed by atoms with van der Waals surface area (Å²) in [6.45, 7) is 9.15. The molecule has 6 nitrogen and oxygen atoms in total. The number of carbonyl (C=O) groups is 1. The molecule has 1 aliphatic carbocycles. The molecular formula is C54H75N4O2+. The molecule has 0 radical (unpaired) electrons. The molecule has 0 amide bonds. The van der Waals surface area contributed by atoms with Crippen molar-refractivity contribution in [1.29, 1.82) is 0 Å². The molecule has 0 saturated carbocycles. The van der Waals surface area contributed by atoms with Crippen LogP contribution in [0.2, 0.25) is 0 Å². The SMILES string of the molecule is CCCCCCC1(CCCCCC)N(C)c2cccc3c(C4=C(O)C(=c5ccc6c7c(cccc57)N(C)C(CCCCCC)(CCCCCC)[N+]=6C)C4=O)ccc(c23)N1C. The second-order valence-electron chi connectivity index (χ2n) is 18.5. The van der Waals surface area contributed by atoms with Crippen molar-refractivity contribution in [3.05, 3.63) is 82.6 Å². The molecule has 322 valence electrons. The molecule has 0 fully saturated rings. The monoisotopic (exact) mass is 812 g/mol. The van der Waals surface area contributed by atoms with Crippen LogP contribution in [-0.4, -0.2) is 50.4 Å². The number of rotatable bonds is 21. The molecule has 0 aromatic heterocycles. The summed E-state index contributed by atoms with van der Waals surface area (Å²) in [6.07, 6.45) is 24.3. The molecule has 2 aliphatic heterocycles. The fraction of sp³-hybridized carbons (Fsp3) is 0.556. The predicted molar refractivity (Wildman–Crippen MR) is 258 cm³/mol. The van der Waals surface area contributed by atoms with Crippen molar-refractivity contribution < 1.29 is 9.90 Å². The maximum atomic E-state index is 14.6. The molecule has 6 heteroatoms. The minimum absolute atomic E-state index is 0.0775. The average Bonchev–Trinajstić information content (AvgIpc) is 3.26. The highest BCUT2D eigenvalue weighted by Gasteiger charge is 2.47. The minimum atomic E-state index is -0.112. The number of aliphatic hydroxyl groups is 1. The predicted octanol–water partition coefficient (Wildman–Crippen LogP) is 12.4. The van der Waals surface area contributed by atoms with E-state index in [4.69, 9.17) is 0 Å². The summed E-state index contributed by atoms with van der Waals surface area (Å²) >= 11 is 0. The van der Waals surface area contributed by atoms with Crippen LogP contribution in [0.1, 0.15) is 162 Å². The number of unbranched alkanes of at least 4 members (excludes halogenated alkanes) is 12. The van der Waals surface area contributed by atoms with E-state index in [0.29, 0.717) is 11.1 Å². The molecule has 4 aromatic carbocycles. The normalized spacial score (nSPS) is 17.7. The van der Waals surface area contributed by atoms with E-state index in [-0.39, 0.29) is 22.9 Å². The van der Waals surface area contributed by atoms with Gasteiger partial charge in [-0.15, -0.1) is 0 Å². The van der Waals surface area contributed by atoms with Gasteiger partial charge in [0.1, 0.15) is 18.5 Å². The van der Waals surface area contributed by atoms with Crippen LogP contribution in [0.4, 0.5) is 17.1 Å². The van der Waals surface area contributed by atoms with Crippen LogP contribution in [0.15, 0.2) is 66.4 Å². The second kappa shape index (κ2) is 18.7. The van der Waals surface area contributed by atoms with Gasteiger partial charge in [-0.1, -0.05) is 135 Å². The number of carbonyl (C=O) groups excluding carboxylic acids is 1. The van der Waals surface area contributed by atoms with Crippen molar-refractivity contribution in [2.24, 2.45) is 0 Å². The van der Waals surface area contributed by atoms with E-state index >= 15 is 0 Å². The van der Waals surface area contributed by atoms with Gasteiger partial charge >= 0.3 is 0 Å². The summed E-state index contributed by atoms with van der Waals surface area (Å²) in [5.41, 5.74) is 5.11. The summed E-state index contributed by atoms with van der Waals surface area (Å²) in [6, 6.07) is 21.7. The highest BCUT2D eigenvalue weighted by atomic mass is 16.3. The van der Waals surface area contributed by atoms with Crippen molar-refractivity contribution in [2.75, 3.05) is 42.9 Å². The van der Waals surface area contributed by atoms with Crippen molar-refractivity contribution in [3.63, 3.8) is 0 Å². The number of anilines is 3. The topological polar surface area (TPSA) is 50.0 Å². The van der Waals surface area contributed by atoms with Crippen molar-refractivity contribution in [1.82, 2.24) is 4.58 Å². The number of aliphatic hydroxyl groups excluding tert-OH is 1. The first-order chi connectivity index (χ1) is 29.1. The average molecular weight is 812 g/mol. The van der Waals surface area contributed by atoms with E-state index in [2.05, 4.69) is 136 Å². The molecule has 2 heterocycles. The Labute approximate surface area is 361 Å². The number of hydrogen-bond acceptors (Lipinski definition) is 5. The Hall–Kier alpha value is -4.32. The Morgan fingerprint density at radius 3 is 1.57 bits per heavy atom. The third-order valence-electron chi connectivity index (χ3n) is 15.1. The van der Waals surface area contributed by atoms with Crippen molar-refractivity contribution >= 4 is 55.5 Å². The van der Waals surface area contributed by atoms with Gasteiger partial charge in [0.25, 0.3) is 0 Å². The highest BCUT2D eigenvalue weighted by molar-refractivity contribution is 6.53. The molecule has 60 heavy (non-hydrogen) atoms. The Kier molecular flexibility index (Phi) is 13.7. The second-order valence-corrected chi connectivity index (χ2v) is 18.5. The maximum Gasteiger partial charge on any atom is 0.238 e. The molecule has 0 bridgehead atoms. The first kappa shape index (κ1) is 43.8. The summed E-state index contributed by atoms with van der Waals surface area (Å²) in [5.74, 6) is 0.0326. The third kappa shape index (κ3) is 7.42. The first-order valence-electron chi connectivity index (χ1n) is 24.1. The van der Waals surface area contributed by atoms with Gasteiger partial charge in [0.2, 0.25) is 16.8 Å². The van der Waals surface area contributed by atoms with E-state index < -0.39 is 0 Å². The van der Waals surface area contributed by atoms with Crippen LogP contribution in [0, 0.1) is 0 Å². The Bertz CT molecular complexity index is 2310. The van der Waals surface area contributed by atoms with Crippen molar-refractivity contribution in [3.8, 4) is 0 Å². The summed E-state index contributed by atoms with van der Waals surface area (Å²) in [5, 5.41) is 18.5. The summed E-state index contributed by atoms with van der Waals surface area (Å²) in [4.78, 5) is 22.3. The van der Waals surface area contributed by atoms with Crippen LogP contribution >= 0.6 is 0 Å². The lowest BCUT2D eigenvalue weighted by Gasteiger charge is -2.54. The molecule has 1 N–H and O–H groups in total. The van der Waals surface area contributed by atoms with E-state index in [1.54, 1.807) is 0 Å². The van der Waals surface area contributed by atoms with Gasteiger partial charge in [-0.25, -0.2) is 4.58 Å². The Morgan fingerprint density at radius 1 is 0.533 bits per heavy atom. The van der Waals surface area contributed by atoms with E-state index in [0.717, 1.165) is 47.2 Å². The van der Waals surface area contributed by atoms with Crippen LogP contribution in [-0.2, 0) is 4.79 Å². The van der Waals surface area contributed by atoms with E-state index in [9.17, 15) is 9.90 Å². The zero-order valence-corrected chi connectivity index (χ0v) is 38.6. The Balaban J connectivity index is 1.32. The molecule has 3 aliphatic rings. The molecule has 7 rings (SSSR count). The van der Waals surface area contributed by atoms with Gasteiger partial charge in [-0.3, -0.25) is 4.79 Å². The maximum absolute atomic E-state index is 14.6. The van der Waals surface area contributed by atoms with Gasteiger partial charge in [-0.05, 0) is 84.3 Å². The molecule has 0 saturated heterocycles. The molecule has 0 atom stereocenters. The summed E-state index contributed by atoms with van der Waals surface area (Å²) in [7, 11) is 9.14. The minimum Gasteiger partial charge on any atom is -0.506 e. The van der Waals surface area contributed by atoms with Gasteiger partial charge in [0.15, 0.2) is 0 Å². The standard InChI is InChI=1S/C54H74N4O2/c1-9-13-17-21-35-53(36-22-18-14-10-2)55(5)43-29-25-27-39-41(31-33-45(47(39)43)57(53)7)49-51(59)50(52(49)60)42-32-34-46-48-40(42)28-26-30-44(48)56(6)54(58(46)8,37-23-19-15-11-3)38-24-20-16-12-4/h25-34H,9-24,35-38H2,1-8H3/p+1. The van der Waals surface area contributed by atoms with E-state index in [1.165, 1.54) is 136 Å². The summed E-state index contributed by atoms with van der Waals surface area (Å²) < 4.78 is 2.55. The lowest BCUT2D eigenvalue weighted by Crippen LogP contribution is -2.62. The molecule has 0 spiro atoms. The first-order valence-corrected chi connectivity index (χ1v) is 24.1. The Morgan fingerprint density at radius 2 is 1.03 bits per heavy atom. The van der Waals surface area contributed by atoms with Crippen LogP contribution in [0.3, 0.4) is 0 Å². The smallest absolute Gasteiger partial charge is 0.238 e. The number of Topliss-reactive ketones (excluding diaryl/α,β-unsaturated/α-hetero) is 1. The van der Waals surface area contributed by atoms with Gasteiger partial charge in [0, 0.05) is 56.8 Å². The number of allylic oxidation sites excluding steroid dienone is 2. The zero-order chi connectivity index (χ0) is 42.6. The largest absolute Gasteiger partial charge is 0.506 e. The lowest BCUT2D eigenvalue weighted by atomic mass is 9.79.